The van der Waals surface area contributed by atoms with E-state index in [1.807, 2.05) is 91.9 Å². The monoisotopic (exact) mass is 434 g/mol. The Labute approximate surface area is 191 Å². The molecular weight excluding hydrogens is 412 g/mol. The van der Waals surface area contributed by atoms with Crippen LogP contribution in [0.5, 0.6) is 0 Å². The van der Waals surface area contributed by atoms with E-state index >= 15 is 0 Å². The molecule has 0 bridgehead atoms. The van der Waals surface area contributed by atoms with Crippen molar-refractivity contribution < 1.29 is 9.53 Å². The van der Waals surface area contributed by atoms with Crippen LogP contribution in [0.1, 0.15) is 27.3 Å². The number of benzene rings is 3. The highest BCUT2D eigenvalue weighted by Crippen LogP contribution is 2.33. The topological polar surface area (TPSA) is 69.9 Å². The lowest BCUT2D eigenvalue weighted by Gasteiger charge is -2.15. The molecule has 0 amide bonds. The third kappa shape index (κ3) is 4.36. The van der Waals surface area contributed by atoms with E-state index in [9.17, 15) is 4.79 Å². The molecule has 5 aromatic rings. The summed E-state index contributed by atoms with van der Waals surface area (Å²) in [6.07, 6.45) is 1.80. The lowest BCUT2D eigenvalue weighted by Crippen LogP contribution is -2.11. The third-order valence-electron chi connectivity index (χ3n) is 5.46. The van der Waals surface area contributed by atoms with Crippen LogP contribution < -0.4 is 0 Å². The van der Waals surface area contributed by atoms with Crippen molar-refractivity contribution >= 4 is 16.9 Å². The molecule has 6 nitrogen and oxygen atoms in total. The number of carbonyl (C=O) groups excluding carboxylic acids is 1. The van der Waals surface area contributed by atoms with Gasteiger partial charge in [-0.1, -0.05) is 84.1 Å². The molecule has 0 fully saturated rings. The second-order valence-electron chi connectivity index (χ2n) is 7.80. The van der Waals surface area contributed by atoms with E-state index in [0.717, 1.165) is 27.6 Å². The number of fused-ring (bicyclic) bond motifs is 1. The Morgan fingerprint density at radius 1 is 0.909 bits per heavy atom. The number of para-hydroxylation sites is 1. The number of aromatic nitrogens is 4. The number of hydrogen-bond acceptors (Lipinski definition) is 5. The van der Waals surface area contributed by atoms with Crippen molar-refractivity contribution in [3.8, 4) is 11.1 Å². The number of pyridine rings is 1. The quantitative estimate of drug-likeness (QED) is 0.343. The summed E-state index contributed by atoms with van der Waals surface area (Å²) in [5.41, 5.74) is 5.43. The molecule has 5 rings (SSSR count). The molecule has 0 N–H and O–H groups in total. The molecule has 2 aromatic heterocycles. The Balaban J connectivity index is 1.42. The van der Waals surface area contributed by atoms with Gasteiger partial charge in [-0.3, -0.25) is 4.98 Å². The number of hydrogen-bond donors (Lipinski definition) is 0. The summed E-state index contributed by atoms with van der Waals surface area (Å²) in [6.45, 7) is 2.48. The zero-order valence-electron chi connectivity index (χ0n) is 18.2. The van der Waals surface area contributed by atoms with Gasteiger partial charge < -0.3 is 4.74 Å². The molecule has 0 saturated heterocycles. The molecule has 33 heavy (non-hydrogen) atoms. The van der Waals surface area contributed by atoms with Gasteiger partial charge in [-0.25, -0.2) is 9.48 Å². The number of aryl methyl sites for hydroxylation is 1. The van der Waals surface area contributed by atoms with E-state index in [4.69, 9.17) is 4.74 Å². The molecule has 0 spiro atoms. The predicted molar refractivity (Wildman–Crippen MR) is 127 cm³/mol. The summed E-state index contributed by atoms with van der Waals surface area (Å²) in [5.74, 6) is -0.429. The summed E-state index contributed by atoms with van der Waals surface area (Å²) in [4.78, 5) is 17.9. The molecule has 3 aromatic carbocycles. The van der Waals surface area contributed by atoms with E-state index in [1.54, 1.807) is 10.9 Å². The van der Waals surface area contributed by atoms with Crippen LogP contribution in [0.25, 0.3) is 22.0 Å². The fourth-order valence-corrected chi connectivity index (χ4v) is 3.95. The van der Waals surface area contributed by atoms with Gasteiger partial charge in [0.25, 0.3) is 0 Å². The van der Waals surface area contributed by atoms with Gasteiger partial charge >= 0.3 is 5.97 Å². The zero-order chi connectivity index (χ0) is 22.6. The van der Waals surface area contributed by atoms with Gasteiger partial charge in [0.2, 0.25) is 0 Å². The van der Waals surface area contributed by atoms with Crippen molar-refractivity contribution in [2.45, 2.75) is 20.1 Å². The summed E-state index contributed by atoms with van der Waals surface area (Å²) < 4.78 is 7.41. The summed E-state index contributed by atoms with van der Waals surface area (Å²) in [5, 5.41) is 9.21. The fourth-order valence-electron chi connectivity index (χ4n) is 3.95. The second-order valence-corrected chi connectivity index (χ2v) is 7.80. The predicted octanol–water partition coefficient (Wildman–Crippen LogP) is 5.21. The molecule has 0 unspecified atom stereocenters. The number of carbonyl (C=O) groups is 1. The lowest BCUT2D eigenvalue weighted by atomic mass is 9.94. The van der Waals surface area contributed by atoms with Crippen LogP contribution in [-0.2, 0) is 17.9 Å². The van der Waals surface area contributed by atoms with Crippen LogP contribution in [0, 0.1) is 6.92 Å². The van der Waals surface area contributed by atoms with E-state index in [-0.39, 0.29) is 6.61 Å². The maximum Gasteiger partial charge on any atom is 0.341 e. The Morgan fingerprint density at radius 2 is 1.61 bits per heavy atom. The average Bonchev–Trinajstić information content (AvgIpc) is 3.30. The summed E-state index contributed by atoms with van der Waals surface area (Å²) in [6, 6.07) is 27.7. The zero-order valence-corrected chi connectivity index (χ0v) is 18.2. The first kappa shape index (κ1) is 20.6. The smallest absolute Gasteiger partial charge is 0.341 e. The Hall–Kier alpha value is -4.32. The van der Waals surface area contributed by atoms with Crippen LogP contribution in [0.2, 0.25) is 0 Å². The van der Waals surface area contributed by atoms with E-state index < -0.39 is 5.97 Å². The first-order valence-electron chi connectivity index (χ1n) is 10.7. The molecule has 6 heteroatoms. The Kier molecular flexibility index (Phi) is 5.64. The van der Waals surface area contributed by atoms with Crippen LogP contribution >= 0.6 is 0 Å². The molecular formula is C27H22N4O2. The molecule has 0 radical (unpaired) electrons. The van der Waals surface area contributed by atoms with Gasteiger partial charge in [0, 0.05) is 10.9 Å². The molecule has 0 aliphatic carbocycles. The highest BCUT2D eigenvalue weighted by molar-refractivity contribution is 6.07. The Morgan fingerprint density at radius 3 is 2.39 bits per heavy atom. The van der Waals surface area contributed by atoms with Gasteiger partial charge in [-0.05, 0) is 24.1 Å². The normalized spacial score (nSPS) is 10.9. The molecule has 0 atom stereocenters. The minimum Gasteiger partial charge on any atom is -0.455 e. The second kappa shape index (κ2) is 9.04. The van der Waals surface area contributed by atoms with Gasteiger partial charge in [0.15, 0.2) is 0 Å². The van der Waals surface area contributed by atoms with Crippen molar-refractivity contribution in [2.24, 2.45) is 0 Å². The summed E-state index contributed by atoms with van der Waals surface area (Å²) >= 11 is 0. The molecule has 0 aliphatic heterocycles. The van der Waals surface area contributed by atoms with Gasteiger partial charge in [0.05, 0.1) is 29.5 Å². The van der Waals surface area contributed by atoms with Crippen molar-refractivity contribution in [1.29, 1.82) is 0 Å². The van der Waals surface area contributed by atoms with Crippen LogP contribution in [0.3, 0.4) is 0 Å². The molecule has 162 valence electrons. The van der Waals surface area contributed by atoms with Crippen molar-refractivity contribution in [2.75, 3.05) is 0 Å². The van der Waals surface area contributed by atoms with E-state index in [0.29, 0.717) is 23.5 Å². The van der Waals surface area contributed by atoms with Gasteiger partial charge in [-0.15, -0.1) is 5.10 Å². The number of nitrogens with zero attached hydrogens (tertiary/aromatic N) is 4. The van der Waals surface area contributed by atoms with E-state index in [1.165, 1.54) is 0 Å². The lowest BCUT2D eigenvalue weighted by molar-refractivity contribution is 0.0467. The minimum atomic E-state index is -0.429. The third-order valence-corrected chi connectivity index (χ3v) is 5.46. The summed E-state index contributed by atoms with van der Waals surface area (Å²) in [7, 11) is 0. The molecule has 0 aliphatic rings. The van der Waals surface area contributed by atoms with Crippen LogP contribution in [0.15, 0.2) is 91.1 Å². The highest BCUT2D eigenvalue weighted by Gasteiger charge is 2.22. The van der Waals surface area contributed by atoms with Crippen molar-refractivity contribution in [3.63, 3.8) is 0 Å². The first-order valence-corrected chi connectivity index (χ1v) is 10.7. The molecule has 2 heterocycles. The van der Waals surface area contributed by atoms with Gasteiger partial charge in [-0.2, -0.15) is 0 Å². The van der Waals surface area contributed by atoms with Gasteiger partial charge in [0.1, 0.15) is 12.3 Å². The Bertz CT molecular complexity index is 1410. The standard InChI is InChI=1S/C27H22N4O2/c1-19-25(26(21-12-6-3-7-13-21)23-14-8-9-15-24(23)28-19)27(32)33-18-22-17-31(30-29-22)16-20-10-4-2-5-11-20/h2-15,17H,16,18H2,1H3. The number of esters is 1. The van der Waals surface area contributed by atoms with Crippen LogP contribution in [0.4, 0.5) is 0 Å². The van der Waals surface area contributed by atoms with Crippen molar-refractivity contribution in [1.82, 2.24) is 20.0 Å². The number of rotatable bonds is 6. The first-order chi connectivity index (χ1) is 16.2. The maximum absolute atomic E-state index is 13.3. The fraction of sp³-hybridized carbons (Fsp3) is 0.111. The average molecular weight is 434 g/mol. The minimum absolute atomic E-state index is 0.0358. The highest BCUT2D eigenvalue weighted by atomic mass is 16.5. The van der Waals surface area contributed by atoms with Crippen molar-refractivity contribution in [3.05, 3.63) is 114 Å². The van der Waals surface area contributed by atoms with E-state index in [2.05, 4.69) is 15.3 Å². The molecule has 0 saturated carbocycles. The number of ether oxygens (including phenoxy) is 1. The maximum atomic E-state index is 13.3. The largest absolute Gasteiger partial charge is 0.455 e. The SMILES string of the molecule is Cc1nc2ccccc2c(-c2ccccc2)c1C(=O)OCc1cn(Cc2ccccc2)nn1. The van der Waals surface area contributed by atoms with Crippen LogP contribution in [-0.4, -0.2) is 25.9 Å².